The smallest absolute Gasteiger partial charge is 0.258 e. The van der Waals surface area contributed by atoms with Gasteiger partial charge in [0, 0.05) is 15.6 Å². The Balaban J connectivity index is 2.89. The fourth-order valence-electron chi connectivity index (χ4n) is 1.46. The number of nitro groups is 1. The van der Waals surface area contributed by atoms with Crippen molar-refractivity contribution in [3.8, 4) is 0 Å². The summed E-state index contributed by atoms with van der Waals surface area (Å²) >= 11 is 4.80. The van der Waals surface area contributed by atoms with Crippen LogP contribution in [-0.2, 0) is 0 Å². The van der Waals surface area contributed by atoms with Gasteiger partial charge in [-0.05, 0) is 40.4 Å². The molecule has 0 saturated heterocycles. The van der Waals surface area contributed by atoms with Crippen molar-refractivity contribution in [2.45, 2.75) is 6.92 Å². The van der Waals surface area contributed by atoms with E-state index in [4.69, 9.17) is 0 Å². The molecule has 0 N–H and O–H groups in total. The van der Waals surface area contributed by atoms with Gasteiger partial charge in [-0.1, -0.05) is 0 Å². The van der Waals surface area contributed by atoms with E-state index in [1.54, 1.807) is 24.3 Å². The van der Waals surface area contributed by atoms with Crippen LogP contribution in [0.25, 0.3) is 10.1 Å². The summed E-state index contributed by atoms with van der Waals surface area (Å²) in [5, 5.41) is 13.7. The third kappa shape index (κ3) is 1.33. The van der Waals surface area contributed by atoms with Crippen LogP contribution in [0.1, 0.15) is 5.56 Å². The predicted molar refractivity (Wildman–Crippen MR) is 60.9 cm³/mol. The molecule has 5 heteroatoms. The summed E-state index contributed by atoms with van der Waals surface area (Å²) in [4.78, 5) is 10.4. The number of nitrogens with zero attached hydrogens (tertiary/aromatic N) is 1. The van der Waals surface area contributed by atoms with Crippen molar-refractivity contribution in [2.75, 3.05) is 0 Å². The van der Waals surface area contributed by atoms with Crippen molar-refractivity contribution in [2.24, 2.45) is 0 Å². The normalized spacial score (nSPS) is 10.7. The van der Waals surface area contributed by atoms with Crippen LogP contribution in [-0.4, -0.2) is 4.92 Å². The van der Waals surface area contributed by atoms with Crippen LogP contribution in [0, 0.1) is 17.0 Å². The molecule has 0 fully saturated rings. The molecule has 2 rings (SSSR count). The Morgan fingerprint density at radius 1 is 1.57 bits per heavy atom. The highest BCUT2D eigenvalue weighted by atomic mass is 79.9. The van der Waals surface area contributed by atoms with Crippen molar-refractivity contribution in [3.05, 3.63) is 37.7 Å². The number of halogens is 1. The molecule has 1 heterocycles. The van der Waals surface area contributed by atoms with Crippen LogP contribution in [0.15, 0.2) is 22.0 Å². The molecule has 0 aliphatic heterocycles. The Labute approximate surface area is 92.6 Å². The molecule has 1 aromatic carbocycles. The highest BCUT2D eigenvalue weighted by Gasteiger charge is 2.18. The van der Waals surface area contributed by atoms with E-state index in [0.29, 0.717) is 4.47 Å². The molecular formula is C9H6BrNO2S. The maximum absolute atomic E-state index is 10.8. The topological polar surface area (TPSA) is 43.1 Å². The molecule has 0 saturated carbocycles. The molecule has 0 unspecified atom stereocenters. The van der Waals surface area contributed by atoms with E-state index in [1.807, 2.05) is 11.4 Å². The number of aryl methyl sites for hydroxylation is 1. The molecule has 0 radical (unpaired) electrons. The van der Waals surface area contributed by atoms with E-state index in [-0.39, 0.29) is 10.6 Å². The summed E-state index contributed by atoms with van der Waals surface area (Å²) < 4.78 is 1.62. The van der Waals surface area contributed by atoms with Gasteiger partial charge in [-0.25, -0.2) is 0 Å². The third-order valence-electron chi connectivity index (χ3n) is 2.12. The van der Waals surface area contributed by atoms with E-state index >= 15 is 0 Å². The predicted octanol–water partition coefficient (Wildman–Crippen LogP) is 3.88. The molecule has 14 heavy (non-hydrogen) atoms. The summed E-state index contributed by atoms with van der Waals surface area (Å²) in [7, 11) is 0. The molecule has 0 atom stereocenters. The summed E-state index contributed by atoms with van der Waals surface area (Å²) in [5.41, 5.74) is 0.886. The summed E-state index contributed by atoms with van der Waals surface area (Å²) in [6, 6.07) is 3.71. The first kappa shape index (κ1) is 9.61. The molecule has 0 amide bonds. The lowest BCUT2D eigenvalue weighted by molar-refractivity contribution is -0.386. The van der Waals surface area contributed by atoms with Gasteiger partial charge in [0.2, 0.25) is 0 Å². The minimum atomic E-state index is -0.351. The molecule has 72 valence electrons. The largest absolute Gasteiger partial charge is 0.287 e. The van der Waals surface area contributed by atoms with Gasteiger partial charge in [0.05, 0.1) is 9.40 Å². The number of rotatable bonds is 1. The summed E-state index contributed by atoms with van der Waals surface area (Å²) in [6.45, 7) is 1.78. The number of hydrogen-bond acceptors (Lipinski definition) is 3. The molecule has 0 aliphatic rings. The highest BCUT2D eigenvalue weighted by Crippen LogP contribution is 2.36. The van der Waals surface area contributed by atoms with E-state index in [9.17, 15) is 10.1 Å². The lowest BCUT2D eigenvalue weighted by Gasteiger charge is -2.01. The van der Waals surface area contributed by atoms with Crippen molar-refractivity contribution in [1.82, 2.24) is 0 Å². The third-order valence-corrected chi connectivity index (χ3v) is 3.59. The Morgan fingerprint density at radius 2 is 2.29 bits per heavy atom. The highest BCUT2D eigenvalue weighted by molar-refractivity contribution is 9.10. The fourth-order valence-corrected chi connectivity index (χ4v) is 3.16. The number of thiophene rings is 1. The average Bonchev–Trinajstić information content (AvgIpc) is 2.50. The van der Waals surface area contributed by atoms with Crippen molar-refractivity contribution < 1.29 is 4.92 Å². The van der Waals surface area contributed by atoms with Gasteiger partial charge in [-0.3, -0.25) is 10.1 Å². The zero-order chi connectivity index (χ0) is 10.3. The molecule has 0 aliphatic carbocycles. The van der Waals surface area contributed by atoms with Crippen molar-refractivity contribution >= 4 is 43.0 Å². The minimum absolute atomic E-state index is 0.163. The quantitative estimate of drug-likeness (QED) is 0.584. The average molecular weight is 272 g/mol. The van der Waals surface area contributed by atoms with Gasteiger partial charge >= 0.3 is 0 Å². The minimum Gasteiger partial charge on any atom is -0.258 e. The zero-order valence-electron chi connectivity index (χ0n) is 7.28. The Hall–Kier alpha value is -0.940. The number of nitro benzene ring substituents is 1. The van der Waals surface area contributed by atoms with E-state index in [2.05, 4.69) is 15.9 Å². The Morgan fingerprint density at radius 3 is 2.93 bits per heavy atom. The van der Waals surface area contributed by atoms with Crippen molar-refractivity contribution in [3.63, 3.8) is 0 Å². The van der Waals surface area contributed by atoms with Crippen LogP contribution in [0.5, 0.6) is 0 Å². The van der Waals surface area contributed by atoms with Crippen LogP contribution in [0.2, 0.25) is 0 Å². The summed E-state index contributed by atoms with van der Waals surface area (Å²) in [5.74, 6) is 0. The van der Waals surface area contributed by atoms with Gasteiger partial charge in [0.15, 0.2) is 0 Å². The number of benzene rings is 1. The van der Waals surface area contributed by atoms with E-state index < -0.39 is 0 Å². The zero-order valence-corrected chi connectivity index (χ0v) is 9.68. The molecule has 3 nitrogen and oxygen atoms in total. The monoisotopic (exact) mass is 271 g/mol. The first-order valence-electron chi connectivity index (χ1n) is 3.92. The van der Waals surface area contributed by atoms with Gasteiger partial charge in [-0.15, -0.1) is 11.3 Å². The second kappa shape index (κ2) is 3.33. The lowest BCUT2D eigenvalue weighted by Crippen LogP contribution is -1.92. The van der Waals surface area contributed by atoms with Gasteiger partial charge < -0.3 is 0 Å². The maximum atomic E-state index is 10.8. The number of hydrogen-bond donors (Lipinski definition) is 0. The van der Waals surface area contributed by atoms with E-state index in [0.717, 1.165) is 15.6 Å². The van der Waals surface area contributed by atoms with Crippen LogP contribution < -0.4 is 0 Å². The van der Waals surface area contributed by atoms with Gasteiger partial charge in [0.1, 0.15) is 0 Å². The molecule has 1 aromatic heterocycles. The Bertz CT molecular complexity index is 521. The first-order valence-corrected chi connectivity index (χ1v) is 5.59. The molecule has 0 spiro atoms. The Kier molecular flexibility index (Phi) is 2.28. The van der Waals surface area contributed by atoms with Gasteiger partial charge in [-0.2, -0.15) is 0 Å². The molecule has 0 bridgehead atoms. The molecule has 2 aromatic rings. The van der Waals surface area contributed by atoms with Crippen LogP contribution in [0.4, 0.5) is 5.69 Å². The number of fused-ring (bicyclic) bond motifs is 1. The second-order valence-corrected chi connectivity index (χ2v) is 4.72. The standard InChI is InChI=1S/C9H6BrNO2S/c1-5-6-2-3-14-8(6)4-7(10)9(5)11(12)13/h2-4H,1H3. The first-order chi connectivity index (χ1) is 6.61. The summed E-state index contributed by atoms with van der Waals surface area (Å²) in [6.07, 6.45) is 0. The van der Waals surface area contributed by atoms with Crippen LogP contribution in [0.3, 0.4) is 0 Å². The second-order valence-electron chi connectivity index (χ2n) is 2.92. The SMILES string of the molecule is Cc1c([N+](=O)[O-])c(Br)cc2sccc12. The van der Waals surface area contributed by atoms with Crippen molar-refractivity contribution in [1.29, 1.82) is 0 Å². The van der Waals surface area contributed by atoms with Gasteiger partial charge in [0.25, 0.3) is 5.69 Å². The van der Waals surface area contributed by atoms with Crippen LogP contribution >= 0.6 is 27.3 Å². The molecular weight excluding hydrogens is 266 g/mol. The maximum Gasteiger partial charge on any atom is 0.287 e. The fraction of sp³-hybridized carbons (Fsp3) is 0.111. The van der Waals surface area contributed by atoms with E-state index in [1.165, 1.54) is 0 Å². The lowest BCUT2D eigenvalue weighted by atomic mass is 10.1.